The van der Waals surface area contributed by atoms with Gasteiger partial charge in [-0.25, -0.2) is 0 Å². The maximum Gasteiger partial charge on any atom is 0.295 e. The highest BCUT2D eigenvalue weighted by molar-refractivity contribution is 6.46. The number of ether oxygens (including phenoxy) is 2. The average molecular weight is 416 g/mol. The molecule has 6 nitrogen and oxygen atoms in total. The predicted octanol–water partition coefficient (Wildman–Crippen LogP) is 3.81. The van der Waals surface area contributed by atoms with Crippen molar-refractivity contribution in [2.75, 3.05) is 26.9 Å². The minimum atomic E-state index is -0.729. The lowest BCUT2D eigenvalue weighted by atomic mass is 9.95. The number of carbonyl (C=O) groups is 2. The number of aliphatic hydroxyl groups excluding tert-OH is 1. The summed E-state index contributed by atoms with van der Waals surface area (Å²) >= 11 is 5.99. The molecule has 0 saturated carbocycles. The molecule has 2 aromatic carbocycles. The van der Waals surface area contributed by atoms with E-state index in [0.29, 0.717) is 28.5 Å². The minimum Gasteiger partial charge on any atom is -0.507 e. The molecule has 0 spiro atoms. The molecule has 0 aliphatic carbocycles. The van der Waals surface area contributed by atoms with Gasteiger partial charge in [-0.2, -0.15) is 0 Å². The van der Waals surface area contributed by atoms with E-state index in [1.165, 1.54) is 12.0 Å². The zero-order chi connectivity index (χ0) is 21.0. The molecule has 3 rings (SSSR count). The molecule has 29 heavy (non-hydrogen) atoms. The van der Waals surface area contributed by atoms with Gasteiger partial charge in [-0.05, 0) is 48.9 Å². The number of benzene rings is 2. The van der Waals surface area contributed by atoms with Crippen LogP contribution in [-0.2, 0) is 14.3 Å². The number of hydrogen-bond donors (Lipinski definition) is 1. The molecule has 1 aliphatic heterocycles. The Balaban J connectivity index is 2.09. The average Bonchev–Trinajstić information content (AvgIpc) is 2.98. The molecule has 1 unspecified atom stereocenters. The van der Waals surface area contributed by atoms with Gasteiger partial charge in [-0.1, -0.05) is 23.7 Å². The van der Waals surface area contributed by atoms with Crippen molar-refractivity contribution in [3.05, 3.63) is 70.3 Å². The number of carbonyl (C=O) groups excluding carboxylic acids is 2. The summed E-state index contributed by atoms with van der Waals surface area (Å²) in [6, 6.07) is 12.8. The first kappa shape index (κ1) is 20.9. The number of likely N-dealkylation sites (tertiary alicyclic amines) is 1. The third kappa shape index (κ3) is 4.28. The fraction of sp³-hybridized carbons (Fsp3) is 0.273. The van der Waals surface area contributed by atoms with Crippen molar-refractivity contribution >= 4 is 29.1 Å². The molecule has 1 N–H and O–H groups in total. The molecule has 2 aromatic rings. The molecule has 152 valence electrons. The summed E-state index contributed by atoms with van der Waals surface area (Å²) < 4.78 is 10.5. The van der Waals surface area contributed by atoms with Crippen LogP contribution in [-0.4, -0.2) is 48.6 Å². The Labute approximate surface area is 174 Å². The van der Waals surface area contributed by atoms with Crippen molar-refractivity contribution in [3.8, 4) is 5.75 Å². The van der Waals surface area contributed by atoms with Crippen molar-refractivity contribution in [3.63, 3.8) is 0 Å². The van der Waals surface area contributed by atoms with Crippen LogP contribution in [0.3, 0.4) is 0 Å². The van der Waals surface area contributed by atoms with E-state index in [9.17, 15) is 14.7 Å². The Bertz CT molecular complexity index is 921. The largest absolute Gasteiger partial charge is 0.507 e. The molecule has 7 heteroatoms. The number of halogens is 1. The maximum atomic E-state index is 12.8. The van der Waals surface area contributed by atoms with Crippen LogP contribution in [0.15, 0.2) is 54.1 Å². The van der Waals surface area contributed by atoms with Gasteiger partial charge < -0.3 is 19.5 Å². The first-order valence-corrected chi connectivity index (χ1v) is 9.61. The Morgan fingerprint density at radius 1 is 1.10 bits per heavy atom. The van der Waals surface area contributed by atoms with Gasteiger partial charge in [0, 0.05) is 24.2 Å². The van der Waals surface area contributed by atoms with Crippen molar-refractivity contribution in [2.24, 2.45) is 0 Å². The van der Waals surface area contributed by atoms with Crippen LogP contribution in [0.2, 0.25) is 5.02 Å². The lowest BCUT2D eigenvalue weighted by molar-refractivity contribution is -0.140. The minimum absolute atomic E-state index is 0.0394. The van der Waals surface area contributed by atoms with Crippen LogP contribution in [0.5, 0.6) is 5.75 Å². The van der Waals surface area contributed by atoms with Crippen LogP contribution in [0.4, 0.5) is 0 Å². The van der Waals surface area contributed by atoms with Crippen LogP contribution >= 0.6 is 11.6 Å². The van der Waals surface area contributed by atoms with Gasteiger partial charge >= 0.3 is 0 Å². The molecule has 0 aromatic heterocycles. The van der Waals surface area contributed by atoms with Crippen molar-refractivity contribution in [2.45, 2.75) is 13.0 Å². The number of nitrogens with zero attached hydrogens (tertiary/aromatic N) is 1. The highest BCUT2D eigenvalue weighted by Crippen LogP contribution is 2.39. The van der Waals surface area contributed by atoms with Gasteiger partial charge in [0.05, 0.1) is 24.8 Å². The molecule has 1 heterocycles. The van der Waals surface area contributed by atoms with E-state index >= 15 is 0 Å². The summed E-state index contributed by atoms with van der Waals surface area (Å²) in [5.41, 5.74) is 1.15. The lowest BCUT2D eigenvalue weighted by Gasteiger charge is -2.25. The zero-order valence-electron chi connectivity index (χ0n) is 16.2. The topological polar surface area (TPSA) is 76.1 Å². The highest BCUT2D eigenvalue weighted by atomic mass is 35.5. The number of methoxy groups -OCH3 is 1. The van der Waals surface area contributed by atoms with E-state index in [1.807, 2.05) is 6.92 Å². The van der Waals surface area contributed by atoms with E-state index in [0.717, 1.165) is 0 Å². The second-order valence-corrected chi connectivity index (χ2v) is 6.93. The lowest BCUT2D eigenvalue weighted by Crippen LogP contribution is -2.32. The van der Waals surface area contributed by atoms with Gasteiger partial charge in [0.1, 0.15) is 11.5 Å². The normalized spacial score (nSPS) is 18.3. The molecule has 1 aliphatic rings. The number of rotatable bonds is 7. The van der Waals surface area contributed by atoms with Crippen molar-refractivity contribution < 1.29 is 24.2 Å². The first-order chi connectivity index (χ1) is 14.0. The fourth-order valence-corrected chi connectivity index (χ4v) is 3.45. The third-order valence-electron chi connectivity index (χ3n) is 4.70. The predicted molar refractivity (Wildman–Crippen MR) is 110 cm³/mol. The van der Waals surface area contributed by atoms with E-state index in [2.05, 4.69) is 0 Å². The maximum absolute atomic E-state index is 12.8. The number of amides is 1. The van der Waals surface area contributed by atoms with E-state index in [-0.39, 0.29) is 24.5 Å². The molecule has 0 bridgehead atoms. The summed E-state index contributed by atoms with van der Waals surface area (Å²) in [5, 5.41) is 11.5. The van der Waals surface area contributed by atoms with Crippen LogP contribution in [0.25, 0.3) is 5.76 Å². The Kier molecular flexibility index (Phi) is 6.56. The molecule has 1 saturated heterocycles. The smallest absolute Gasteiger partial charge is 0.295 e. The second kappa shape index (κ2) is 9.11. The summed E-state index contributed by atoms with van der Waals surface area (Å²) in [6.45, 7) is 2.88. The summed E-state index contributed by atoms with van der Waals surface area (Å²) in [4.78, 5) is 26.9. The number of aliphatic hydroxyl groups is 1. The van der Waals surface area contributed by atoms with Gasteiger partial charge in [0.25, 0.3) is 11.7 Å². The second-order valence-electron chi connectivity index (χ2n) is 6.49. The van der Waals surface area contributed by atoms with Crippen molar-refractivity contribution in [1.29, 1.82) is 0 Å². The molecule has 1 fully saturated rings. The fourth-order valence-electron chi connectivity index (χ4n) is 3.32. The zero-order valence-corrected chi connectivity index (χ0v) is 17.0. The SMILES string of the molecule is CCOc1ccc(/C(O)=C2\C(=O)C(=O)N(CCOC)C2c2ccc(Cl)cc2)cc1. The Morgan fingerprint density at radius 2 is 1.76 bits per heavy atom. The molecule has 0 radical (unpaired) electrons. The molecule has 1 amide bonds. The van der Waals surface area contributed by atoms with E-state index < -0.39 is 17.7 Å². The third-order valence-corrected chi connectivity index (χ3v) is 4.95. The summed E-state index contributed by atoms with van der Waals surface area (Å²) in [5.74, 6) is -0.980. The summed E-state index contributed by atoms with van der Waals surface area (Å²) in [6.07, 6.45) is 0. The van der Waals surface area contributed by atoms with E-state index in [4.69, 9.17) is 21.1 Å². The first-order valence-electron chi connectivity index (χ1n) is 9.24. The quantitative estimate of drug-likeness (QED) is 0.423. The van der Waals surface area contributed by atoms with Crippen LogP contribution < -0.4 is 4.74 Å². The van der Waals surface area contributed by atoms with Gasteiger partial charge in [-0.15, -0.1) is 0 Å². The molecular formula is C22H22ClNO5. The number of hydrogen-bond acceptors (Lipinski definition) is 5. The Hall–Kier alpha value is -2.83. The Morgan fingerprint density at radius 3 is 2.34 bits per heavy atom. The summed E-state index contributed by atoms with van der Waals surface area (Å²) in [7, 11) is 1.52. The molecular weight excluding hydrogens is 394 g/mol. The van der Waals surface area contributed by atoms with Gasteiger partial charge in [0.15, 0.2) is 0 Å². The standard InChI is InChI=1S/C22H22ClNO5/c1-3-29-17-10-6-15(7-11-17)20(25)18-19(14-4-8-16(23)9-5-14)24(12-13-28-2)22(27)21(18)26/h4-11,19,25H,3,12-13H2,1-2H3/b20-18+. The van der Waals surface area contributed by atoms with Crippen molar-refractivity contribution in [1.82, 2.24) is 4.90 Å². The van der Waals surface area contributed by atoms with Crippen LogP contribution in [0, 0.1) is 0 Å². The van der Waals surface area contributed by atoms with Crippen LogP contribution in [0.1, 0.15) is 24.1 Å². The number of ketones is 1. The van der Waals surface area contributed by atoms with Gasteiger partial charge in [-0.3, -0.25) is 9.59 Å². The molecule has 1 atom stereocenters. The highest BCUT2D eigenvalue weighted by Gasteiger charge is 2.45. The monoisotopic (exact) mass is 415 g/mol. The van der Waals surface area contributed by atoms with Gasteiger partial charge in [0.2, 0.25) is 0 Å². The number of Topliss-reactive ketones (excluding diaryl/α,β-unsaturated/α-hetero) is 1. The van der Waals surface area contributed by atoms with E-state index in [1.54, 1.807) is 48.5 Å².